The van der Waals surface area contributed by atoms with Gasteiger partial charge in [0.1, 0.15) is 5.82 Å². The SMILES string of the molecule is CN(C)C(=O)c1nc(SCCC(=O)NS(=O)(=O)CCN2CCOCC2)n(CCO)c1N(C)C=O. The van der Waals surface area contributed by atoms with E-state index in [1.807, 2.05) is 4.90 Å². The summed E-state index contributed by atoms with van der Waals surface area (Å²) in [5, 5.41) is 9.79. The molecule has 2 rings (SSSR count). The summed E-state index contributed by atoms with van der Waals surface area (Å²) in [6, 6.07) is 0. The van der Waals surface area contributed by atoms with Gasteiger partial charge >= 0.3 is 0 Å². The van der Waals surface area contributed by atoms with Crippen LogP contribution >= 0.6 is 11.8 Å². The molecule has 0 atom stereocenters. The second-order valence-corrected chi connectivity index (χ2v) is 10.7. The average molecular weight is 521 g/mol. The topological polar surface area (TPSA) is 154 Å². The summed E-state index contributed by atoms with van der Waals surface area (Å²) in [6.45, 7) is 2.55. The molecule has 0 bridgehead atoms. The van der Waals surface area contributed by atoms with Crippen LogP contribution in [0.25, 0.3) is 0 Å². The van der Waals surface area contributed by atoms with E-state index in [9.17, 15) is 27.9 Å². The van der Waals surface area contributed by atoms with Crippen molar-refractivity contribution in [3.05, 3.63) is 5.69 Å². The molecule has 0 aromatic carbocycles. The number of anilines is 1. The standard InChI is InChI=1S/C19H32N6O7S2/c1-22(2)18(29)16-17(23(3)14-27)25(5-9-26)19(20-16)33-12-4-15(28)21-34(30,31)13-8-24-6-10-32-11-7-24/h14,26H,4-13H2,1-3H3,(H,21,28). The van der Waals surface area contributed by atoms with E-state index in [1.165, 1.54) is 21.4 Å². The van der Waals surface area contributed by atoms with E-state index >= 15 is 0 Å². The highest BCUT2D eigenvalue weighted by Gasteiger charge is 2.26. The Balaban J connectivity index is 2.01. The minimum Gasteiger partial charge on any atom is -0.395 e. The van der Waals surface area contributed by atoms with Gasteiger partial charge in [0.15, 0.2) is 10.9 Å². The first-order chi connectivity index (χ1) is 16.1. The Hall–Kier alpha value is -2.20. The summed E-state index contributed by atoms with van der Waals surface area (Å²) in [5.74, 6) is -0.867. The van der Waals surface area contributed by atoms with Gasteiger partial charge < -0.3 is 24.2 Å². The van der Waals surface area contributed by atoms with Crippen LogP contribution in [0.2, 0.25) is 0 Å². The molecule has 192 valence electrons. The second kappa shape index (κ2) is 13.0. The molecule has 34 heavy (non-hydrogen) atoms. The van der Waals surface area contributed by atoms with Crippen LogP contribution in [0.15, 0.2) is 5.16 Å². The first kappa shape index (κ1) is 28.0. The van der Waals surface area contributed by atoms with Crippen molar-refractivity contribution in [2.75, 3.05) is 77.0 Å². The highest BCUT2D eigenvalue weighted by atomic mass is 32.2. The molecule has 0 unspecified atom stereocenters. The number of morpholine rings is 1. The van der Waals surface area contributed by atoms with Gasteiger partial charge in [0, 0.05) is 59.5 Å². The fourth-order valence-corrected chi connectivity index (χ4v) is 5.19. The van der Waals surface area contributed by atoms with Crippen molar-refractivity contribution in [3.8, 4) is 0 Å². The Bertz CT molecular complexity index is 961. The smallest absolute Gasteiger partial charge is 0.275 e. The zero-order valence-electron chi connectivity index (χ0n) is 19.6. The molecule has 13 nitrogen and oxygen atoms in total. The van der Waals surface area contributed by atoms with E-state index in [4.69, 9.17) is 4.74 Å². The number of nitrogens with zero attached hydrogens (tertiary/aromatic N) is 5. The van der Waals surface area contributed by atoms with E-state index in [-0.39, 0.29) is 42.6 Å². The highest BCUT2D eigenvalue weighted by molar-refractivity contribution is 7.99. The van der Waals surface area contributed by atoms with Crippen molar-refractivity contribution >= 4 is 45.8 Å². The number of imidazole rings is 1. The molecule has 1 aliphatic heterocycles. The molecular weight excluding hydrogens is 488 g/mol. The summed E-state index contributed by atoms with van der Waals surface area (Å²) in [7, 11) is 0.796. The minimum atomic E-state index is -3.77. The van der Waals surface area contributed by atoms with E-state index in [0.29, 0.717) is 44.4 Å². The monoisotopic (exact) mass is 520 g/mol. The molecule has 3 amide bonds. The Morgan fingerprint density at radius 2 is 1.91 bits per heavy atom. The highest BCUT2D eigenvalue weighted by Crippen LogP contribution is 2.28. The summed E-state index contributed by atoms with van der Waals surface area (Å²) in [5.41, 5.74) is 0.0330. The number of nitrogens with one attached hydrogen (secondary N) is 1. The Labute approximate surface area is 203 Å². The first-order valence-corrected chi connectivity index (χ1v) is 13.3. The first-order valence-electron chi connectivity index (χ1n) is 10.7. The zero-order valence-corrected chi connectivity index (χ0v) is 21.2. The van der Waals surface area contributed by atoms with Gasteiger partial charge in [-0.15, -0.1) is 0 Å². The Morgan fingerprint density at radius 3 is 2.50 bits per heavy atom. The number of carbonyl (C=O) groups excluding carboxylic acids is 3. The average Bonchev–Trinajstić information content (AvgIpc) is 3.15. The predicted molar refractivity (Wildman–Crippen MR) is 126 cm³/mol. The molecule has 0 aliphatic carbocycles. The lowest BCUT2D eigenvalue weighted by Crippen LogP contribution is -2.42. The molecule has 0 radical (unpaired) electrons. The summed E-state index contributed by atoms with van der Waals surface area (Å²) >= 11 is 1.12. The third-order valence-corrected chi connectivity index (χ3v) is 7.18. The van der Waals surface area contributed by atoms with Crippen molar-refractivity contribution < 1.29 is 32.6 Å². The fraction of sp³-hybridized carbons (Fsp3) is 0.684. The predicted octanol–water partition coefficient (Wildman–Crippen LogP) is -1.57. The maximum atomic E-state index is 12.6. The van der Waals surface area contributed by atoms with E-state index in [2.05, 4.69) is 9.71 Å². The van der Waals surface area contributed by atoms with Crippen LogP contribution in [0.5, 0.6) is 0 Å². The maximum Gasteiger partial charge on any atom is 0.275 e. The van der Waals surface area contributed by atoms with E-state index < -0.39 is 21.8 Å². The molecule has 2 heterocycles. The number of amides is 3. The number of aromatic nitrogens is 2. The normalized spacial score (nSPS) is 14.6. The quantitative estimate of drug-likeness (QED) is 0.230. The van der Waals surface area contributed by atoms with Crippen LogP contribution in [0, 0.1) is 0 Å². The molecule has 1 aliphatic rings. The van der Waals surface area contributed by atoms with Gasteiger partial charge in [0.2, 0.25) is 22.3 Å². The number of aliphatic hydroxyl groups is 1. The van der Waals surface area contributed by atoms with Crippen molar-refractivity contribution in [1.29, 1.82) is 0 Å². The molecule has 15 heteroatoms. The number of thioether (sulfide) groups is 1. The van der Waals surface area contributed by atoms with Gasteiger partial charge in [0.05, 0.1) is 25.6 Å². The van der Waals surface area contributed by atoms with Crippen molar-refractivity contribution in [1.82, 2.24) is 24.1 Å². The lowest BCUT2D eigenvalue weighted by molar-refractivity contribution is -0.119. The zero-order chi connectivity index (χ0) is 25.3. The van der Waals surface area contributed by atoms with Gasteiger partial charge in [-0.3, -0.25) is 24.0 Å². The molecule has 2 N–H and O–H groups in total. The molecule has 0 spiro atoms. The summed E-state index contributed by atoms with van der Waals surface area (Å²) in [6.07, 6.45) is 0.421. The van der Waals surface area contributed by atoms with Crippen LogP contribution in [0.4, 0.5) is 5.82 Å². The molecule has 1 saturated heterocycles. The van der Waals surface area contributed by atoms with Gasteiger partial charge in [0.25, 0.3) is 5.91 Å². The third-order valence-electron chi connectivity index (χ3n) is 4.94. The maximum absolute atomic E-state index is 12.6. The number of rotatable bonds is 13. The fourth-order valence-electron chi connectivity index (χ4n) is 3.18. The Kier molecular flexibility index (Phi) is 10.8. The number of sulfonamides is 1. The number of aliphatic hydroxyl groups excluding tert-OH is 1. The summed E-state index contributed by atoms with van der Waals surface area (Å²) in [4.78, 5) is 45.0. The number of carbonyl (C=O) groups is 3. The minimum absolute atomic E-state index is 0.0330. The largest absolute Gasteiger partial charge is 0.395 e. The van der Waals surface area contributed by atoms with Crippen LogP contribution in [0.1, 0.15) is 16.9 Å². The van der Waals surface area contributed by atoms with Gasteiger partial charge in [-0.05, 0) is 0 Å². The van der Waals surface area contributed by atoms with Gasteiger partial charge in [-0.1, -0.05) is 11.8 Å². The molecular formula is C19H32N6O7S2. The van der Waals surface area contributed by atoms with Crippen molar-refractivity contribution in [3.63, 3.8) is 0 Å². The van der Waals surface area contributed by atoms with E-state index in [0.717, 1.165) is 11.8 Å². The lowest BCUT2D eigenvalue weighted by Gasteiger charge is -2.26. The number of ether oxygens (including phenoxy) is 1. The number of hydrogen-bond acceptors (Lipinski definition) is 10. The van der Waals surface area contributed by atoms with Crippen LogP contribution in [-0.4, -0.2) is 123 Å². The third kappa shape index (κ3) is 7.94. The van der Waals surface area contributed by atoms with Gasteiger partial charge in [-0.25, -0.2) is 13.4 Å². The van der Waals surface area contributed by atoms with Crippen LogP contribution < -0.4 is 9.62 Å². The Morgan fingerprint density at radius 1 is 1.24 bits per heavy atom. The van der Waals surface area contributed by atoms with Crippen LogP contribution in [0.3, 0.4) is 0 Å². The van der Waals surface area contributed by atoms with E-state index in [1.54, 1.807) is 14.1 Å². The van der Waals surface area contributed by atoms with Gasteiger partial charge in [-0.2, -0.15) is 0 Å². The number of hydrogen-bond donors (Lipinski definition) is 2. The molecule has 1 fully saturated rings. The van der Waals surface area contributed by atoms with Crippen molar-refractivity contribution in [2.45, 2.75) is 18.1 Å². The molecule has 1 aromatic heterocycles. The van der Waals surface area contributed by atoms with Crippen LogP contribution in [-0.2, 0) is 30.9 Å². The summed E-state index contributed by atoms with van der Waals surface area (Å²) < 4.78 is 33.3. The molecule has 1 aromatic rings. The van der Waals surface area contributed by atoms with Crippen molar-refractivity contribution in [2.24, 2.45) is 0 Å². The second-order valence-electron chi connectivity index (χ2n) is 7.75. The molecule has 0 saturated carbocycles. The lowest BCUT2D eigenvalue weighted by atomic mass is 10.3.